The Labute approximate surface area is 174 Å². The molecule has 0 N–H and O–H groups in total. The first-order valence-corrected chi connectivity index (χ1v) is 14.3. The summed E-state index contributed by atoms with van der Waals surface area (Å²) in [5, 5.41) is 0.237. The van der Waals surface area contributed by atoms with Crippen molar-refractivity contribution in [2.75, 3.05) is 19.0 Å². The van der Waals surface area contributed by atoms with Gasteiger partial charge in [0, 0.05) is 9.52 Å². The number of hydrogen-bond acceptors (Lipinski definition) is 4. The molecule has 0 fully saturated rings. The molecule has 0 aromatic heterocycles. The van der Waals surface area contributed by atoms with Gasteiger partial charge in [-0.3, -0.25) is 4.79 Å². The van der Waals surface area contributed by atoms with Crippen molar-refractivity contribution < 1.29 is 14.0 Å². The van der Waals surface area contributed by atoms with Gasteiger partial charge in [-0.1, -0.05) is 34.1 Å². The molecule has 0 aliphatic heterocycles. The van der Waals surface area contributed by atoms with Crippen LogP contribution in [0.15, 0.2) is 8.48 Å². The van der Waals surface area contributed by atoms with Crippen molar-refractivity contribution in [3.05, 3.63) is 8.48 Å². The summed E-state index contributed by atoms with van der Waals surface area (Å²) in [5.41, 5.74) is 1.21. The van der Waals surface area contributed by atoms with Crippen molar-refractivity contribution in [1.82, 2.24) is 0 Å². The van der Waals surface area contributed by atoms with Crippen molar-refractivity contribution >= 4 is 48.6 Å². The third-order valence-electron chi connectivity index (χ3n) is 4.56. The van der Waals surface area contributed by atoms with Gasteiger partial charge in [-0.05, 0) is 78.2 Å². The molecule has 0 atom stereocenters. The molecule has 0 aliphatic rings. The first kappa shape index (κ1) is 25.5. The van der Waals surface area contributed by atoms with Gasteiger partial charge in [0.15, 0.2) is 8.32 Å². The third kappa shape index (κ3) is 11.0. The fourth-order valence-corrected chi connectivity index (χ4v) is 5.08. The number of esters is 1. The summed E-state index contributed by atoms with van der Waals surface area (Å²) in [6.45, 7) is 16.6. The van der Waals surface area contributed by atoms with Crippen molar-refractivity contribution in [3.8, 4) is 0 Å². The van der Waals surface area contributed by atoms with Crippen molar-refractivity contribution in [2.45, 2.75) is 84.9 Å². The van der Waals surface area contributed by atoms with Crippen LogP contribution in [0.25, 0.3) is 0 Å². The summed E-state index contributed by atoms with van der Waals surface area (Å²) in [5.74, 6) is 0.995. The maximum atomic E-state index is 11.9. The Morgan fingerprint density at radius 1 is 1.16 bits per heavy atom. The van der Waals surface area contributed by atoms with E-state index >= 15 is 0 Å². The molecule has 0 bridgehead atoms. The monoisotopic (exact) mass is 500 g/mol. The molecule has 0 aliphatic carbocycles. The number of unbranched alkanes of at least 4 members (excludes halogenated alkanes) is 1. The highest BCUT2D eigenvalue weighted by Gasteiger charge is 2.36. The predicted octanol–water partition coefficient (Wildman–Crippen LogP) is 6.92. The average Bonchev–Trinajstić information content (AvgIpc) is 2.49. The normalized spacial score (nSPS) is 13.6. The van der Waals surface area contributed by atoms with Gasteiger partial charge >= 0.3 is 5.97 Å². The van der Waals surface area contributed by atoms with E-state index in [1.54, 1.807) is 0 Å². The summed E-state index contributed by atoms with van der Waals surface area (Å²) in [6, 6.07) is 0. The first-order chi connectivity index (χ1) is 11.5. The number of carbonyl (C=O) groups excluding carboxylic acids is 1. The van der Waals surface area contributed by atoms with Gasteiger partial charge in [-0.15, -0.1) is 11.8 Å². The molecule has 0 aromatic carbocycles. The molecule has 0 saturated carbocycles. The maximum Gasteiger partial charge on any atom is 0.309 e. The molecule has 0 amide bonds. The van der Waals surface area contributed by atoms with Crippen LogP contribution < -0.4 is 0 Å². The largest absolute Gasteiger partial charge is 0.466 e. The Morgan fingerprint density at radius 3 is 2.32 bits per heavy atom. The fraction of sp³-hybridized carbons (Fsp3) is 0.842. The SMILES string of the molecule is CCCCS/C(I)=C(/CCCO[Si](C)(C)C(C)(C)C)CC(=O)OCC. The number of carbonyl (C=O) groups is 1. The number of rotatable bonds is 12. The lowest BCUT2D eigenvalue weighted by Crippen LogP contribution is -2.40. The Morgan fingerprint density at radius 2 is 1.80 bits per heavy atom. The molecular weight excluding hydrogens is 463 g/mol. The first-order valence-electron chi connectivity index (χ1n) is 9.35. The molecule has 0 spiro atoms. The Kier molecular flexibility index (Phi) is 13.0. The summed E-state index contributed by atoms with van der Waals surface area (Å²) in [4.78, 5) is 11.9. The van der Waals surface area contributed by atoms with E-state index in [-0.39, 0.29) is 11.0 Å². The highest BCUT2D eigenvalue weighted by atomic mass is 127. The molecule has 0 saturated heterocycles. The highest BCUT2D eigenvalue weighted by Crippen LogP contribution is 2.37. The Bertz CT molecular complexity index is 431. The molecule has 0 unspecified atom stereocenters. The number of thioether (sulfide) groups is 1. The lowest BCUT2D eigenvalue weighted by atomic mass is 10.1. The van der Waals surface area contributed by atoms with Crippen LogP contribution in [0.3, 0.4) is 0 Å². The van der Waals surface area contributed by atoms with Crippen LogP contribution in [0.2, 0.25) is 18.1 Å². The second-order valence-electron chi connectivity index (χ2n) is 7.77. The second kappa shape index (κ2) is 12.8. The quantitative estimate of drug-likeness (QED) is 0.126. The van der Waals surface area contributed by atoms with Crippen LogP contribution in [0, 0.1) is 0 Å². The van der Waals surface area contributed by atoms with Gasteiger partial charge in [0.1, 0.15) is 0 Å². The summed E-state index contributed by atoms with van der Waals surface area (Å²) < 4.78 is 12.7. The van der Waals surface area contributed by atoms with Gasteiger partial charge in [0.25, 0.3) is 0 Å². The predicted molar refractivity (Wildman–Crippen MR) is 122 cm³/mol. The summed E-state index contributed by atoms with van der Waals surface area (Å²) >= 11 is 4.25. The standard InChI is InChI=1S/C19H37IO3SSi/c1-8-10-14-24-18(20)16(15-17(21)22-9-2)12-11-13-23-25(6,7)19(3,4)5/h8-15H2,1-7H3/b18-16-. The third-order valence-corrected chi connectivity index (χ3v) is 11.8. The lowest BCUT2D eigenvalue weighted by Gasteiger charge is -2.36. The molecule has 148 valence electrons. The van der Waals surface area contributed by atoms with Crippen LogP contribution in [0.5, 0.6) is 0 Å². The minimum atomic E-state index is -1.69. The molecule has 0 heterocycles. The molecule has 3 nitrogen and oxygen atoms in total. The van der Waals surface area contributed by atoms with Crippen LogP contribution in [-0.2, 0) is 14.0 Å². The molecule has 0 radical (unpaired) electrons. The molecule has 0 aromatic rings. The van der Waals surface area contributed by atoms with Crippen LogP contribution in [0.1, 0.15) is 66.7 Å². The van der Waals surface area contributed by atoms with Gasteiger partial charge in [-0.2, -0.15) is 0 Å². The number of ether oxygens (including phenoxy) is 1. The Balaban J connectivity index is 4.67. The van der Waals surface area contributed by atoms with E-state index in [1.807, 2.05) is 18.7 Å². The minimum Gasteiger partial charge on any atom is -0.466 e. The summed E-state index contributed by atoms with van der Waals surface area (Å²) in [6.07, 6.45) is 4.68. The van der Waals surface area contributed by atoms with E-state index in [0.29, 0.717) is 13.0 Å². The van der Waals surface area contributed by atoms with Gasteiger partial charge in [0.2, 0.25) is 0 Å². The zero-order valence-corrected chi connectivity index (χ0v) is 21.1. The Hall–Kier alpha value is 0.467. The zero-order chi connectivity index (χ0) is 19.5. The highest BCUT2D eigenvalue weighted by molar-refractivity contribution is 14.1. The van der Waals surface area contributed by atoms with Crippen LogP contribution in [-0.4, -0.2) is 33.3 Å². The number of halogens is 1. The fourth-order valence-electron chi connectivity index (χ4n) is 1.88. The van der Waals surface area contributed by atoms with Crippen LogP contribution in [0.4, 0.5) is 0 Å². The zero-order valence-electron chi connectivity index (χ0n) is 17.2. The van der Waals surface area contributed by atoms with E-state index in [9.17, 15) is 4.79 Å². The van der Waals surface area contributed by atoms with E-state index in [1.165, 1.54) is 21.3 Å². The molecule has 0 rings (SSSR count). The van der Waals surface area contributed by atoms with Gasteiger partial charge in [-0.25, -0.2) is 0 Å². The van der Waals surface area contributed by atoms with Crippen molar-refractivity contribution in [1.29, 1.82) is 0 Å². The van der Waals surface area contributed by atoms with E-state index in [4.69, 9.17) is 9.16 Å². The van der Waals surface area contributed by atoms with Crippen LogP contribution >= 0.6 is 34.4 Å². The number of hydrogen-bond donors (Lipinski definition) is 0. The molecule has 25 heavy (non-hydrogen) atoms. The van der Waals surface area contributed by atoms with Gasteiger partial charge in [0.05, 0.1) is 13.0 Å². The van der Waals surface area contributed by atoms with E-state index in [2.05, 4.69) is 63.4 Å². The van der Waals surface area contributed by atoms with Crippen molar-refractivity contribution in [3.63, 3.8) is 0 Å². The summed E-state index contributed by atoms with van der Waals surface area (Å²) in [7, 11) is -1.69. The van der Waals surface area contributed by atoms with E-state index < -0.39 is 8.32 Å². The smallest absolute Gasteiger partial charge is 0.309 e. The lowest BCUT2D eigenvalue weighted by molar-refractivity contribution is -0.142. The van der Waals surface area contributed by atoms with Gasteiger partial charge < -0.3 is 9.16 Å². The topological polar surface area (TPSA) is 35.5 Å². The minimum absolute atomic E-state index is 0.118. The molecule has 6 heteroatoms. The molecular formula is C19H37IO3SSi. The second-order valence-corrected chi connectivity index (χ2v) is 15.5. The maximum absolute atomic E-state index is 11.9. The van der Waals surface area contributed by atoms with Crippen molar-refractivity contribution in [2.24, 2.45) is 0 Å². The van der Waals surface area contributed by atoms with E-state index in [0.717, 1.165) is 25.2 Å². The average molecular weight is 501 g/mol.